The van der Waals surface area contributed by atoms with Crippen molar-refractivity contribution in [2.45, 2.75) is 38.5 Å². The molecule has 1 unspecified atom stereocenters. The standard InChI is InChI=1S/C16H21NO3/c1-16(9-5-6-10-16)15(20)17-11-13(14(18)19)12-7-3-2-4-8-12/h2-4,7-8,13H,5-6,9-11H2,1H3,(H,17,20)(H,18,19). The predicted molar refractivity (Wildman–Crippen MR) is 76.4 cm³/mol. The van der Waals surface area contributed by atoms with Gasteiger partial charge in [-0.05, 0) is 18.4 Å². The molecule has 0 aromatic heterocycles. The van der Waals surface area contributed by atoms with Gasteiger partial charge in [0.25, 0.3) is 0 Å². The molecular weight excluding hydrogens is 254 g/mol. The van der Waals surface area contributed by atoms with Gasteiger partial charge in [0.2, 0.25) is 5.91 Å². The van der Waals surface area contributed by atoms with E-state index in [0.717, 1.165) is 31.2 Å². The summed E-state index contributed by atoms with van der Waals surface area (Å²) in [7, 11) is 0. The molecule has 1 atom stereocenters. The molecule has 1 amide bonds. The Bertz CT molecular complexity index is 478. The minimum absolute atomic E-state index is 0.0165. The summed E-state index contributed by atoms with van der Waals surface area (Å²) in [5, 5.41) is 12.1. The van der Waals surface area contributed by atoms with Crippen LogP contribution in [0.5, 0.6) is 0 Å². The SMILES string of the molecule is CC1(C(=O)NCC(C(=O)O)c2ccccc2)CCCC1. The third kappa shape index (κ3) is 3.18. The van der Waals surface area contributed by atoms with E-state index in [2.05, 4.69) is 5.32 Å². The number of nitrogens with one attached hydrogen (secondary N) is 1. The molecule has 1 aromatic rings. The fourth-order valence-electron chi connectivity index (χ4n) is 2.82. The molecule has 4 heteroatoms. The zero-order valence-electron chi connectivity index (χ0n) is 11.8. The summed E-state index contributed by atoms with van der Waals surface area (Å²) in [5.74, 6) is -1.62. The fraction of sp³-hybridized carbons (Fsp3) is 0.500. The summed E-state index contributed by atoms with van der Waals surface area (Å²) in [4.78, 5) is 23.6. The highest BCUT2D eigenvalue weighted by Gasteiger charge is 2.36. The second-order valence-corrected chi connectivity index (χ2v) is 5.78. The maximum Gasteiger partial charge on any atom is 0.312 e. The molecule has 20 heavy (non-hydrogen) atoms. The maximum absolute atomic E-state index is 12.2. The van der Waals surface area contributed by atoms with E-state index in [-0.39, 0.29) is 17.9 Å². The lowest BCUT2D eigenvalue weighted by Gasteiger charge is -2.23. The number of rotatable bonds is 5. The number of carboxylic acid groups (broad SMARTS) is 1. The number of hydrogen-bond acceptors (Lipinski definition) is 2. The quantitative estimate of drug-likeness (QED) is 0.868. The monoisotopic (exact) mass is 275 g/mol. The van der Waals surface area contributed by atoms with Gasteiger partial charge >= 0.3 is 5.97 Å². The number of aliphatic carboxylic acids is 1. The van der Waals surface area contributed by atoms with Gasteiger partial charge in [-0.2, -0.15) is 0 Å². The van der Waals surface area contributed by atoms with E-state index in [9.17, 15) is 14.7 Å². The average Bonchev–Trinajstić information content (AvgIpc) is 2.88. The molecule has 1 aliphatic carbocycles. The van der Waals surface area contributed by atoms with Crippen LogP contribution in [0.2, 0.25) is 0 Å². The molecule has 0 spiro atoms. The van der Waals surface area contributed by atoms with Crippen molar-refractivity contribution in [1.82, 2.24) is 5.32 Å². The van der Waals surface area contributed by atoms with E-state index >= 15 is 0 Å². The minimum Gasteiger partial charge on any atom is -0.481 e. The smallest absolute Gasteiger partial charge is 0.312 e. The van der Waals surface area contributed by atoms with Crippen LogP contribution in [0.4, 0.5) is 0 Å². The predicted octanol–water partition coefficient (Wildman–Crippen LogP) is 2.55. The number of amides is 1. The molecule has 108 valence electrons. The summed E-state index contributed by atoms with van der Waals surface area (Å²) >= 11 is 0. The Morgan fingerprint density at radius 3 is 2.40 bits per heavy atom. The molecule has 1 aromatic carbocycles. The van der Waals surface area contributed by atoms with E-state index in [1.807, 2.05) is 25.1 Å². The molecule has 1 saturated carbocycles. The van der Waals surface area contributed by atoms with Gasteiger partial charge in [-0.1, -0.05) is 50.1 Å². The molecule has 0 heterocycles. The van der Waals surface area contributed by atoms with Crippen molar-refractivity contribution >= 4 is 11.9 Å². The largest absolute Gasteiger partial charge is 0.481 e. The van der Waals surface area contributed by atoms with Crippen molar-refractivity contribution in [3.8, 4) is 0 Å². The number of benzene rings is 1. The molecule has 0 radical (unpaired) electrons. The van der Waals surface area contributed by atoms with Crippen molar-refractivity contribution in [2.24, 2.45) is 5.41 Å². The number of carbonyl (C=O) groups is 2. The third-order valence-electron chi connectivity index (χ3n) is 4.22. The van der Waals surface area contributed by atoms with E-state index < -0.39 is 11.9 Å². The first-order chi connectivity index (χ1) is 9.53. The number of carbonyl (C=O) groups excluding carboxylic acids is 1. The zero-order valence-corrected chi connectivity index (χ0v) is 11.8. The van der Waals surface area contributed by atoms with Crippen LogP contribution in [0.1, 0.15) is 44.1 Å². The van der Waals surface area contributed by atoms with E-state index in [1.165, 1.54) is 0 Å². The topological polar surface area (TPSA) is 66.4 Å². The molecule has 0 bridgehead atoms. The molecule has 1 fully saturated rings. The van der Waals surface area contributed by atoms with Gasteiger partial charge in [-0.3, -0.25) is 9.59 Å². The van der Waals surface area contributed by atoms with Gasteiger partial charge < -0.3 is 10.4 Å². The van der Waals surface area contributed by atoms with Gasteiger partial charge in [-0.25, -0.2) is 0 Å². The van der Waals surface area contributed by atoms with Crippen LogP contribution in [0, 0.1) is 5.41 Å². The van der Waals surface area contributed by atoms with Crippen molar-refractivity contribution in [1.29, 1.82) is 0 Å². The van der Waals surface area contributed by atoms with Crippen LogP contribution in [-0.2, 0) is 9.59 Å². The zero-order chi connectivity index (χ0) is 14.6. The van der Waals surface area contributed by atoms with Gasteiger partial charge in [0.15, 0.2) is 0 Å². The Kier molecular flexibility index (Phi) is 4.42. The Hall–Kier alpha value is -1.84. The second-order valence-electron chi connectivity index (χ2n) is 5.78. The van der Waals surface area contributed by atoms with Crippen molar-refractivity contribution < 1.29 is 14.7 Å². The molecule has 0 saturated heterocycles. The van der Waals surface area contributed by atoms with Crippen LogP contribution in [0.3, 0.4) is 0 Å². The second kappa shape index (κ2) is 6.07. The van der Waals surface area contributed by atoms with Crippen molar-refractivity contribution in [3.63, 3.8) is 0 Å². The lowest BCUT2D eigenvalue weighted by Crippen LogP contribution is -2.40. The minimum atomic E-state index is -0.909. The van der Waals surface area contributed by atoms with Crippen LogP contribution in [-0.4, -0.2) is 23.5 Å². The molecule has 4 nitrogen and oxygen atoms in total. The molecular formula is C16H21NO3. The van der Waals surface area contributed by atoms with Gasteiger partial charge in [0.05, 0.1) is 5.92 Å². The molecule has 0 aliphatic heterocycles. The van der Waals surface area contributed by atoms with E-state index in [0.29, 0.717) is 0 Å². The summed E-state index contributed by atoms with van der Waals surface area (Å²) in [6.45, 7) is 2.11. The third-order valence-corrected chi connectivity index (χ3v) is 4.22. The Morgan fingerprint density at radius 1 is 1.25 bits per heavy atom. The van der Waals surface area contributed by atoms with Gasteiger partial charge in [0, 0.05) is 12.0 Å². The fourth-order valence-corrected chi connectivity index (χ4v) is 2.82. The van der Waals surface area contributed by atoms with Crippen LogP contribution >= 0.6 is 0 Å². The van der Waals surface area contributed by atoms with E-state index in [4.69, 9.17) is 0 Å². The lowest BCUT2D eigenvalue weighted by molar-refractivity contribution is -0.139. The highest BCUT2D eigenvalue weighted by molar-refractivity contribution is 5.84. The van der Waals surface area contributed by atoms with Gasteiger partial charge in [-0.15, -0.1) is 0 Å². The normalized spacial score (nSPS) is 18.4. The van der Waals surface area contributed by atoms with Crippen molar-refractivity contribution in [2.75, 3.05) is 6.54 Å². The first-order valence-electron chi connectivity index (χ1n) is 7.09. The average molecular weight is 275 g/mol. The number of hydrogen-bond donors (Lipinski definition) is 2. The van der Waals surface area contributed by atoms with Crippen molar-refractivity contribution in [3.05, 3.63) is 35.9 Å². The van der Waals surface area contributed by atoms with Crippen LogP contribution in [0.25, 0.3) is 0 Å². The Labute approximate surface area is 119 Å². The Balaban J connectivity index is 2.00. The highest BCUT2D eigenvalue weighted by atomic mass is 16.4. The first-order valence-corrected chi connectivity index (χ1v) is 7.09. The highest BCUT2D eigenvalue weighted by Crippen LogP contribution is 2.37. The molecule has 2 N–H and O–H groups in total. The summed E-state index contributed by atoms with van der Waals surface area (Å²) in [6, 6.07) is 9.03. The summed E-state index contributed by atoms with van der Waals surface area (Å²) in [6.07, 6.45) is 3.93. The Morgan fingerprint density at radius 2 is 1.85 bits per heavy atom. The lowest BCUT2D eigenvalue weighted by atomic mass is 9.87. The number of carboxylic acids is 1. The summed E-state index contributed by atoms with van der Waals surface area (Å²) < 4.78 is 0. The van der Waals surface area contributed by atoms with Gasteiger partial charge in [0.1, 0.15) is 0 Å². The summed E-state index contributed by atoms with van der Waals surface area (Å²) in [5.41, 5.74) is 0.400. The first kappa shape index (κ1) is 14.6. The van der Waals surface area contributed by atoms with E-state index in [1.54, 1.807) is 12.1 Å². The maximum atomic E-state index is 12.2. The molecule has 1 aliphatic rings. The van der Waals surface area contributed by atoms with Crippen LogP contribution < -0.4 is 5.32 Å². The molecule has 2 rings (SSSR count). The van der Waals surface area contributed by atoms with Crippen LogP contribution in [0.15, 0.2) is 30.3 Å².